The Kier molecular flexibility index (Phi) is 4.57. The summed E-state index contributed by atoms with van der Waals surface area (Å²) in [6, 6.07) is 4.64. The van der Waals surface area contributed by atoms with Crippen LogP contribution in [0.4, 0.5) is 9.18 Å². The number of carbonyl (C=O) groups is 1. The van der Waals surface area contributed by atoms with Crippen LogP contribution in [0.1, 0.15) is 32.8 Å². The second-order valence-electron chi connectivity index (χ2n) is 6.00. The number of hydrogen-bond acceptors (Lipinski definition) is 2. The van der Waals surface area contributed by atoms with E-state index in [0.717, 1.165) is 5.57 Å². The second-order valence-corrected chi connectivity index (χ2v) is 6.41. The average molecular weight is 312 g/mol. The van der Waals surface area contributed by atoms with E-state index >= 15 is 0 Å². The first-order chi connectivity index (χ1) is 9.78. The summed E-state index contributed by atoms with van der Waals surface area (Å²) in [5.41, 5.74) is 0.747. The highest BCUT2D eigenvalue weighted by Crippen LogP contribution is 2.31. The SMILES string of the molecule is CC(C)(C)OC(=O)N1CC=C(c2c(F)cccc2Cl)CC1. The maximum absolute atomic E-state index is 13.9. The Hall–Kier alpha value is -1.55. The van der Waals surface area contributed by atoms with Gasteiger partial charge in [-0.1, -0.05) is 23.7 Å². The van der Waals surface area contributed by atoms with Crippen LogP contribution in [0, 0.1) is 5.82 Å². The van der Waals surface area contributed by atoms with E-state index in [9.17, 15) is 9.18 Å². The molecule has 21 heavy (non-hydrogen) atoms. The maximum Gasteiger partial charge on any atom is 0.410 e. The molecule has 0 aliphatic carbocycles. The van der Waals surface area contributed by atoms with E-state index in [-0.39, 0.29) is 11.9 Å². The first-order valence-electron chi connectivity index (χ1n) is 6.89. The summed E-state index contributed by atoms with van der Waals surface area (Å²) < 4.78 is 19.2. The fourth-order valence-corrected chi connectivity index (χ4v) is 2.48. The molecule has 114 valence electrons. The van der Waals surface area contributed by atoms with Crippen molar-refractivity contribution in [1.29, 1.82) is 0 Å². The Morgan fingerprint density at radius 1 is 1.38 bits per heavy atom. The van der Waals surface area contributed by atoms with Crippen molar-refractivity contribution in [3.8, 4) is 0 Å². The van der Waals surface area contributed by atoms with Crippen LogP contribution < -0.4 is 0 Å². The molecule has 0 bridgehead atoms. The van der Waals surface area contributed by atoms with Gasteiger partial charge in [0, 0.05) is 18.7 Å². The predicted octanol–water partition coefficient (Wildman–Crippen LogP) is 4.50. The number of nitrogens with zero attached hydrogens (tertiary/aromatic N) is 1. The molecule has 5 heteroatoms. The largest absolute Gasteiger partial charge is 0.444 e. The van der Waals surface area contributed by atoms with E-state index in [1.807, 2.05) is 26.8 Å². The highest BCUT2D eigenvalue weighted by molar-refractivity contribution is 6.32. The topological polar surface area (TPSA) is 29.5 Å². The summed E-state index contributed by atoms with van der Waals surface area (Å²) in [7, 11) is 0. The number of amides is 1. The standard InChI is InChI=1S/C16H19ClFNO2/c1-16(2,3)21-15(20)19-9-7-11(8-10-19)14-12(17)5-4-6-13(14)18/h4-7H,8-10H2,1-3H3. The summed E-state index contributed by atoms with van der Waals surface area (Å²) in [6.07, 6.45) is 2.04. The molecule has 1 aromatic carbocycles. The van der Waals surface area contributed by atoms with Gasteiger partial charge >= 0.3 is 6.09 Å². The van der Waals surface area contributed by atoms with Gasteiger partial charge in [0.1, 0.15) is 11.4 Å². The summed E-state index contributed by atoms with van der Waals surface area (Å²) in [5, 5.41) is 0.395. The van der Waals surface area contributed by atoms with Crippen LogP contribution in [0.25, 0.3) is 5.57 Å². The first kappa shape index (κ1) is 15.8. The second kappa shape index (κ2) is 6.06. The minimum atomic E-state index is -0.518. The van der Waals surface area contributed by atoms with Crippen LogP contribution in [0.2, 0.25) is 5.02 Å². The van der Waals surface area contributed by atoms with Gasteiger partial charge in [-0.15, -0.1) is 0 Å². The van der Waals surface area contributed by atoms with E-state index in [2.05, 4.69) is 0 Å². The lowest BCUT2D eigenvalue weighted by Gasteiger charge is -2.29. The van der Waals surface area contributed by atoms with E-state index in [0.29, 0.717) is 30.1 Å². The fourth-order valence-electron chi connectivity index (χ4n) is 2.19. The number of rotatable bonds is 1. The molecular formula is C16H19ClFNO2. The molecule has 1 heterocycles. The van der Waals surface area contributed by atoms with E-state index in [4.69, 9.17) is 16.3 Å². The molecule has 0 saturated carbocycles. The van der Waals surface area contributed by atoms with Gasteiger partial charge in [0.15, 0.2) is 0 Å². The molecule has 0 spiro atoms. The Morgan fingerprint density at radius 2 is 2.10 bits per heavy atom. The van der Waals surface area contributed by atoms with Gasteiger partial charge in [0.25, 0.3) is 0 Å². The van der Waals surface area contributed by atoms with Gasteiger partial charge in [-0.25, -0.2) is 9.18 Å². The van der Waals surface area contributed by atoms with Gasteiger partial charge in [0.05, 0.1) is 5.02 Å². The molecule has 1 aliphatic heterocycles. The predicted molar refractivity (Wildman–Crippen MR) is 81.8 cm³/mol. The minimum absolute atomic E-state index is 0.334. The molecule has 1 amide bonds. The summed E-state index contributed by atoms with van der Waals surface area (Å²) in [6.45, 7) is 6.38. The number of halogens is 2. The zero-order valence-electron chi connectivity index (χ0n) is 12.5. The molecule has 0 atom stereocenters. The Morgan fingerprint density at radius 3 is 2.62 bits per heavy atom. The lowest BCUT2D eigenvalue weighted by molar-refractivity contribution is 0.0270. The van der Waals surface area contributed by atoms with Crippen molar-refractivity contribution < 1.29 is 13.9 Å². The van der Waals surface area contributed by atoms with Crippen LogP contribution in [0.3, 0.4) is 0 Å². The smallest absolute Gasteiger partial charge is 0.410 e. The Labute approximate surface area is 129 Å². The third kappa shape index (κ3) is 3.97. The van der Waals surface area contributed by atoms with Gasteiger partial charge in [-0.2, -0.15) is 0 Å². The zero-order chi connectivity index (χ0) is 15.6. The van der Waals surface area contributed by atoms with Crippen LogP contribution in [0.5, 0.6) is 0 Å². The molecule has 0 N–H and O–H groups in total. The van der Waals surface area contributed by atoms with Crippen molar-refractivity contribution in [2.75, 3.05) is 13.1 Å². The van der Waals surface area contributed by atoms with E-state index in [1.165, 1.54) is 6.07 Å². The minimum Gasteiger partial charge on any atom is -0.444 e. The van der Waals surface area contributed by atoms with Gasteiger partial charge < -0.3 is 9.64 Å². The Balaban J connectivity index is 2.11. The Bertz CT molecular complexity index is 558. The normalized spacial score (nSPS) is 15.7. The molecule has 0 saturated heterocycles. The molecule has 0 radical (unpaired) electrons. The number of carbonyl (C=O) groups excluding carboxylic acids is 1. The maximum atomic E-state index is 13.9. The number of ether oxygens (including phenoxy) is 1. The zero-order valence-corrected chi connectivity index (χ0v) is 13.2. The molecule has 0 aromatic heterocycles. The van der Waals surface area contributed by atoms with E-state index in [1.54, 1.807) is 17.0 Å². The van der Waals surface area contributed by atoms with Crippen LogP contribution in [0.15, 0.2) is 24.3 Å². The molecule has 2 rings (SSSR count). The van der Waals surface area contributed by atoms with Crippen molar-refractivity contribution in [2.24, 2.45) is 0 Å². The average Bonchev–Trinajstić information content (AvgIpc) is 2.37. The number of hydrogen-bond donors (Lipinski definition) is 0. The fraction of sp³-hybridized carbons (Fsp3) is 0.438. The van der Waals surface area contributed by atoms with Crippen molar-refractivity contribution in [2.45, 2.75) is 32.8 Å². The summed E-state index contributed by atoms with van der Waals surface area (Å²) in [4.78, 5) is 13.6. The van der Waals surface area contributed by atoms with Crippen LogP contribution in [-0.2, 0) is 4.74 Å². The lowest BCUT2D eigenvalue weighted by atomic mass is 9.99. The molecular weight excluding hydrogens is 293 g/mol. The van der Waals surface area contributed by atoms with Gasteiger partial charge in [-0.3, -0.25) is 0 Å². The van der Waals surface area contributed by atoms with Crippen molar-refractivity contribution in [1.82, 2.24) is 4.90 Å². The lowest BCUT2D eigenvalue weighted by Crippen LogP contribution is -2.39. The molecule has 3 nitrogen and oxygen atoms in total. The molecule has 1 aliphatic rings. The van der Waals surface area contributed by atoms with Crippen LogP contribution in [-0.4, -0.2) is 29.7 Å². The first-order valence-corrected chi connectivity index (χ1v) is 7.27. The molecule has 0 unspecified atom stereocenters. The van der Waals surface area contributed by atoms with Crippen molar-refractivity contribution in [3.63, 3.8) is 0 Å². The molecule has 0 fully saturated rings. The highest BCUT2D eigenvalue weighted by atomic mass is 35.5. The summed E-state index contributed by atoms with van der Waals surface area (Å²) in [5.74, 6) is -0.334. The summed E-state index contributed by atoms with van der Waals surface area (Å²) >= 11 is 6.06. The van der Waals surface area contributed by atoms with Crippen LogP contribution >= 0.6 is 11.6 Å². The highest BCUT2D eigenvalue weighted by Gasteiger charge is 2.25. The van der Waals surface area contributed by atoms with Crippen molar-refractivity contribution >= 4 is 23.3 Å². The third-order valence-electron chi connectivity index (χ3n) is 3.14. The van der Waals surface area contributed by atoms with Crippen molar-refractivity contribution in [3.05, 3.63) is 40.7 Å². The monoisotopic (exact) mass is 311 g/mol. The number of benzene rings is 1. The van der Waals surface area contributed by atoms with Gasteiger partial charge in [0.2, 0.25) is 0 Å². The quantitative estimate of drug-likeness (QED) is 0.764. The molecule has 1 aromatic rings. The van der Waals surface area contributed by atoms with E-state index < -0.39 is 5.60 Å². The van der Waals surface area contributed by atoms with Gasteiger partial charge in [-0.05, 0) is 44.9 Å². The third-order valence-corrected chi connectivity index (χ3v) is 3.46.